The first-order valence-electron chi connectivity index (χ1n) is 4.60. The van der Waals surface area contributed by atoms with E-state index in [1.807, 2.05) is 12.2 Å². The number of nitrogens with zero attached hydrogens (tertiary/aromatic N) is 1. The van der Waals surface area contributed by atoms with E-state index in [4.69, 9.17) is 16.3 Å². The molecule has 0 spiro atoms. The van der Waals surface area contributed by atoms with E-state index in [1.54, 1.807) is 13.3 Å². The molecule has 0 aliphatic carbocycles. The third kappa shape index (κ3) is 2.61. The fourth-order valence-electron chi connectivity index (χ4n) is 1.21. The van der Waals surface area contributed by atoms with E-state index in [0.29, 0.717) is 5.90 Å². The SMILES string of the molecule is COC1=NC=CC(C(C)(C)C)=CC1Cl. The lowest BCUT2D eigenvalue weighted by atomic mass is 9.86. The minimum atomic E-state index is -0.274. The van der Waals surface area contributed by atoms with Gasteiger partial charge in [0.1, 0.15) is 5.38 Å². The molecule has 0 aromatic rings. The van der Waals surface area contributed by atoms with Gasteiger partial charge in [-0.1, -0.05) is 26.8 Å². The summed E-state index contributed by atoms with van der Waals surface area (Å²) in [4.78, 5) is 4.12. The van der Waals surface area contributed by atoms with Crippen molar-refractivity contribution in [2.45, 2.75) is 26.1 Å². The van der Waals surface area contributed by atoms with Crippen LogP contribution >= 0.6 is 11.6 Å². The predicted octanol–water partition coefficient (Wildman–Crippen LogP) is 3.14. The molecule has 0 N–H and O–H groups in total. The van der Waals surface area contributed by atoms with Crippen molar-refractivity contribution in [2.75, 3.05) is 7.11 Å². The van der Waals surface area contributed by atoms with Crippen LogP contribution in [0.4, 0.5) is 0 Å². The van der Waals surface area contributed by atoms with E-state index >= 15 is 0 Å². The molecule has 1 heterocycles. The van der Waals surface area contributed by atoms with Crippen molar-refractivity contribution in [3.63, 3.8) is 0 Å². The van der Waals surface area contributed by atoms with E-state index in [9.17, 15) is 0 Å². The highest BCUT2D eigenvalue weighted by Gasteiger charge is 2.20. The molecule has 3 heteroatoms. The molecule has 2 nitrogen and oxygen atoms in total. The van der Waals surface area contributed by atoms with E-state index in [-0.39, 0.29) is 10.8 Å². The Balaban J connectivity index is 2.96. The minimum absolute atomic E-state index is 0.0857. The molecular weight excluding hydrogens is 198 g/mol. The number of allylic oxidation sites excluding steroid dienone is 2. The molecule has 1 atom stereocenters. The standard InChI is InChI=1S/C11H16ClNO/c1-11(2,3)8-5-6-13-10(14-4)9(12)7-8/h5-7,9H,1-4H3. The summed E-state index contributed by atoms with van der Waals surface area (Å²) in [6, 6.07) is 0. The minimum Gasteiger partial charge on any atom is -0.483 e. The summed E-state index contributed by atoms with van der Waals surface area (Å²) in [5.41, 5.74) is 1.26. The smallest absolute Gasteiger partial charge is 0.210 e. The van der Waals surface area contributed by atoms with Crippen molar-refractivity contribution in [2.24, 2.45) is 10.4 Å². The highest BCUT2D eigenvalue weighted by atomic mass is 35.5. The number of aliphatic imine (C=N–C) groups is 1. The molecule has 1 aliphatic rings. The highest BCUT2D eigenvalue weighted by Crippen LogP contribution is 2.28. The van der Waals surface area contributed by atoms with Crippen molar-refractivity contribution in [3.8, 4) is 0 Å². The van der Waals surface area contributed by atoms with Gasteiger partial charge in [0.05, 0.1) is 7.11 Å². The quantitative estimate of drug-likeness (QED) is 0.567. The number of ether oxygens (including phenoxy) is 1. The van der Waals surface area contributed by atoms with Crippen molar-refractivity contribution in [1.29, 1.82) is 0 Å². The van der Waals surface area contributed by atoms with Gasteiger partial charge in [-0.05, 0) is 17.1 Å². The van der Waals surface area contributed by atoms with Crippen LogP contribution in [0.3, 0.4) is 0 Å². The van der Waals surface area contributed by atoms with Gasteiger partial charge >= 0.3 is 0 Å². The molecule has 0 saturated heterocycles. The number of halogens is 1. The molecule has 0 amide bonds. The van der Waals surface area contributed by atoms with E-state index in [0.717, 1.165) is 0 Å². The van der Waals surface area contributed by atoms with Crippen LogP contribution in [0.5, 0.6) is 0 Å². The average molecular weight is 214 g/mol. The van der Waals surface area contributed by atoms with Gasteiger partial charge < -0.3 is 4.74 Å². The van der Waals surface area contributed by atoms with Gasteiger partial charge in [0, 0.05) is 6.20 Å². The van der Waals surface area contributed by atoms with Crippen LogP contribution in [0.25, 0.3) is 0 Å². The monoisotopic (exact) mass is 213 g/mol. The zero-order valence-corrected chi connectivity index (χ0v) is 9.80. The zero-order valence-electron chi connectivity index (χ0n) is 9.04. The molecular formula is C11H16ClNO. The topological polar surface area (TPSA) is 21.6 Å². The maximum absolute atomic E-state index is 6.12. The van der Waals surface area contributed by atoms with Crippen molar-refractivity contribution in [1.82, 2.24) is 0 Å². The summed E-state index contributed by atoms with van der Waals surface area (Å²) in [6.07, 6.45) is 5.69. The van der Waals surface area contributed by atoms with Gasteiger partial charge in [0.15, 0.2) is 0 Å². The summed E-state index contributed by atoms with van der Waals surface area (Å²) < 4.78 is 5.07. The van der Waals surface area contributed by atoms with Crippen LogP contribution in [0.15, 0.2) is 28.9 Å². The Bertz CT molecular complexity index is 297. The highest BCUT2D eigenvalue weighted by molar-refractivity contribution is 6.32. The van der Waals surface area contributed by atoms with Gasteiger partial charge in [0.25, 0.3) is 0 Å². The first-order chi connectivity index (χ1) is 6.45. The fourth-order valence-corrected chi connectivity index (χ4v) is 1.49. The first kappa shape index (κ1) is 11.3. The zero-order chi connectivity index (χ0) is 10.8. The Morgan fingerprint density at radius 2 is 2.07 bits per heavy atom. The molecule has 1 rings (SSSR count). The molecule has 1 unspecified atom stereocenters. The Morgan fingerprint density at radius 3 is 2.57 bits per heavy atom. The first-order valence-corrected chi connectivity index (χ1v) is 5.03. The van der Waals surface area contributed by atoms with Crippen LogP contribution in [-0.2, 0) is 4.74 Å². The summed E-state index contributed by atoms with van der Waals surface area (Å²) in [6.45, 7) is 6.43. The second-order valence-corrected chi connectivity index (χ2v) is 4.73. The number of methoxy groups -OCH3 is 1. The van der Waals surface area contributed by atoms with Crippen molar-refractivity contribution >= 4 is 17.5 Å². The predicted molar refractivity (Wildman–Crippen MR) is 60.8 cm³/mol. The molecule has 0 aromatic heterocycles. The largest absolute Gasteiger partial charge is 0.483 e. The van der Waals surface area contributed by atoms with E-state index < -0.39 is 0 Å². The van der Waals surface area contributed by atoms with Crippen molar-refractivity contribution < 1.29 is 4.74 Å². The van der Waals surface area contributed by atoms with Crippen LogP contribution in [-0.4, -0.2) is 18.4 Å². The summed E-state index contributed by atoms with van der Waals surface area (Å²) in [5, 5.41) is -0.274. The number of hydrogen-bond donors (Lipinski definition) is 0. The molecule has 0 radical (unpaired) electrons. The molecule has 78 valence electrons. The van der Waals surface area contributed by atoms with Gasteiger partial charge in [-0.2, -0.15) is 0 Å². The molecule has 0 bridgehead atoms. The molecule has 0 saturated carbocycles. The maximum atomic E-state index is 6.12. The summed E-state index contributed by atoms with van der Waals surface area (Å²) >= 11 is 6.12. The normalized spacial score (nSPS) is 22.5. The number of rotatable bonds is 0. The van der Waals surface area contributed by atoms with Crippen LogP contribution in [0, 0.1) is 5.41 Å². The van der Waals surface area contributed by atoms with Gasteiger partial charge in [-0.15, -0.1) is 11.6 Å². The van der Waals surface area contributed by atoms with Gasteiger partial charge in [-0.3, -0.25) is 0 Å². The van der Waals surface area contributed by atoms with E-state index in [1.165, 1.54) is 5.57 Å². The lowest BCUT2D eigenvalue weighted by molar-refractivity contribution is 0.395. The Labute approximate surface area is 90.3 Å². The maximum Gasteiger partial charge on any atom is 0.210 e. The summed E-state index contributed by atoms with van der Waals surface area (Å²) in [7, 11) is 1.58. The van der Waals surface area contributed by atoms with Crippen molar-refractivity contribution in [3.05, 3.63) is 23.9 Å². The van der Waals surface area contributed by atoms with Crippen LogP contribution in [0.2, 0.25) is 0 Å². The second-order valence-electron chi connectivity index (χ2n) is 4.26. The van der Waals surface area contributed by atoms with Gasteiger partial charge in [0.2, 0.25) is 5.90 Å². The average Bonchev–Trinajstić information content (AvgIpc) is 2.25. The molecule has 0 fully saturated rings. The van der Waals surface area contributed by atoms with Crippen LogP contribution < -0.4 is 0 Å². The third-order valence-electron chi connectivity index (χ3n) is 2.09. The number of alkyl halides is 1. The Hall–Kier alpha value is -0.760. The molecule has 0 aromatic carbocycles. The number of hydrogen-bond acceptors (Lipinski definition) is 2. The van der Waals surface area contributed by atoms with E-state index in [2.05, 4.69) is 25.8 Å². The second kappa shape index (κ2) is 4.18. The summed E-state index contributed by atoms with van der Waals surface area (Å²) in [5.74, 6) is 0.544. The van der Waals surface area contributed by atoms with Gasteiger partial charge in [-0.25, -0.2) is 4.99 Å². The Kier molecular flexibility index (Phi) is 3.38. The fraction of sp³-hybridized carbons (Fsp3) is 0.545. The molecule has 1 aliphatic heterocycles. The van der Waals surface area contributed by atoms with Crippen LogP contribution in [0.1, 0.15) is 20.8 Å². The lowest BCUT2D eigenvalue weighted by Crippen LogP contribution is -2.16. The lowest BCUT2D eigenvalue weighted by Gasteiger charge is -2.20. The Morgan fingerprint density at radius 1 is 1.43 bits per heavy atom. The third-order valence-corrected chi connectivity index (χ3v) is 2.41. The molecule has 14 heavy (non-hydrogen) atoms.